The van der Waals surface area contributed by atoms with Gasteiger partial charge in [0, 0.05) is 0 Å². The predicted octanol–water partition coefficient (Wildman–Crippen LogP) is -0.389. The average Bonchev–Trinajstić information content (AvgIpc) is 2.14. The molecule has 1 saturated heterocycles. The van der Waals surface area contributed by atoms with Gasteiger partial charge in [0.15, 0.2) is 0 Å². The van der Waals surface area contributed by atoms with E-state index < -0.39 is 0 Å². The molecule has 1 fully saturated rings. The molecule has 1 amide bonds. The summed E-state index contributed by atoms with van der Waals surface area (Å²) in [6, 6.07) is 0. The molecule has 0 aromatic carbocycles. The Bertz CT molecular complexity index is 71.3. The van der Waals surface area contributed by atoms with E-state index in [0.717, 1.165) is 18.2 Å². The minimum absolute atomic E-state index is 0.781. The number of hydrogen-bond donors (Lipinski definition) is 1. The molecule has 4 heteroatoms. The number of nitrogens with one attached hydrogen (secondary N) is 1. The second kappa shape index (κ2) is 2.18. The molecule has 3 nitrogen and oxygen atoms in total. The van der Waals surface area contributed by atoms with Crippen LogP contribution in [0.1, 0.15) is 0 Å². The lowest BCUT2D eigenvalue weighted by Crippen LogP contribution is -2.28. The molecule has 1 aliphatic rings. The molecular weight excluding hydrogens is 112 g/mol. The lowest BCUT2D eigenvalue weighted by Gasteiger charge is -2.02. The zero-order chi connectivity index (χ0) is 5.11. The maximum Gasteiger partial charge on any atom is 0.224 e. The summed E-state index contributed by atoms with van der Waals surface area (Å²) in [4.78, 5) is 9.86. The van der Waals surface area contributed by atoms with Crippen molar-refractivity contribution in [2.75, 3.05) is 11.8 Å². The molecule has 0 unspecified atom stereocenters. The van der Waals surface area contributed by atoms with Gasteiger partial charge in [0.2, 0.25) is 6.41 Å². The molecule has 0 spiro atoms. The number of carbonyl (C=O) groups excluding carboxylic acids is 1. The summed E-state index contributed by atoms with van der Waals surface area (Å²) in [6.07, 6.45) is 0.792. The summed E-state index contributed by atoms with van der Waals surface area (Å²) in [7, 11) is 0. The lowest BCUT2D eigenvalue weighted by atomic mass is 11.1. The molecule has 1 heterocycles. The Morgan fingerprint density at radius 1 is 1.86 bits per heavy atom. The van der Waals surface area contributed by atoms with Gasteiger partial charge in [-0.15, -0.1) is 11.8 Å². The van der Waals surface area contributed by atoms with Crippen molar-refractivity contribution < 1.29 is 4.79 Å². The van der Waals surface area contributed by atoms with Crippen LogP contribution >= 0.6 is 11.8 Å². The fourth-order valence-corrected chi connectivity index (χ4v) is 1.08. The fourth-order valence-electron chi connectivity index (χ4n) is 0.386. The Kier molecular flexibility index (Phi) is 1.54. The molecule has 1 N–H and O–H groups in total. The zero-order valence-electron chi connectivity index (χ0n) is 3.76. The van der Waals surface area contributed by atoms with E-state index in [2.05, 4.69) is 5.43 Å². The van der Waals surface area contributed by atoms with E-state index >= 15 is 0 Å². The van der Waals surface area contributed by atoms with Gasteiger partial charge in [-0.3, -0.25) is 9.80 Å². The highest BCUT2D eigenvalue weighted by atomic mass is 32.2. The van der Waals surface area contributed by atoms with E-state index in [1.165, 1.54) is 5.01 Å². The first-order chi connectivity index (χ1) is 3.43. The van der Waals surface area contributed by atoms with Crippen molar-refractivity contribution in [1.82, 2.24) is 10.4 Å². The summed E-state index contributed by atoms with van der Waals surface area (Å²) in [5, 5.41) is 1.52. The summed E-state index contributed by atoms with van der Waals surface area (Å²) < 4.78 is 0. The van der Waals surface area contributed by atoms with E-state index in [4.69, 9.17) is 0 Å². The molecule has 0 saturated carbocycles. The highest BCUT2D eigenvalue weighted by Gasteiger charge is 2.05. The van der Waals surface area contributed by atoms with Crippen molar-refractivity contribution in [2.24, 2.45) is 0 Å². The summed E-state index contributed by atoms with van der Waals surface area (Å²) in [5.74, 6) is 1.64. The first-order valence-electron chi connectivity index (χ1n) is 1.96. The van der Waals surface area contributed by atoms with Crippen molar-refractivity contribution >= 4 is 18.2 Å². The SMILES string of the molecule is O=CN1CSCN1. The third kappa shape index (κ3) is 1.07. The molecule has 0 atom stereocenters. The van der Waals surface area contributed by atoms with Gasteiger partial charge in [0.05, 0.1) is 11.8 Å². The van der Waals surface area contributed by atoms with E-state index in [1.54, 1.807) is 11.8 Å². The van der Waals surface area contributed by atoms with Crippen LogP contribution in [0, 0.1) is 0 Å². The number of hydrazine groups is 1. The fraction of sp³-hybridized carbons (Fsp3) is 0.667. The zero-order valence-corrected chi connectivity index (χ0v) is 4.57. The average molecular weight is 118 g/mol. The molecule has 1 aliphatic heterocycles. The number of hydrogen-bond acceptors (Lipinski definition) is 3. The Hall–Kier alpha value is -0.220. The second-order valence-electron chi connectivity index (χ2n) is 1.21. The van der Waals surface area contributed by atoms with Crippen molar-refractivity contribution in [3.05, 3.63) is 0 Å². The monoisotopic (exact) mass is 118 g/mol. The van der Waals surface area contributed by atoms with Gasteiger partial charge in [0.1, 0.15) is 0 Å². The van der Waals surface area contributed by atoms with Crippen molar-refractivity contribution in [1.29, 1.82) is 0 Å². The van der Waals surface area contributed by atoms with Crippen LogP contribution in [0.25, 0.3) is 0 Å². The highest BCUT2D eigenvalue weighted by molar-refractivity contribution is 7.99. The van der Waals surface area contributed by atoms with Gasteiger partial charge in [-0.1, -0.05) is 0 Å². The van der Waals surface area contributed by atoms with Crippen LogP contribution in [-0.4, -0.2) is 23.2 Å². The third-order valence-electron chi connectivity index (χ3n) is 0.727. The van der Waals surface area contributed by atoms with Crippen molar-refractivity contribution in [3.63, 3.8) is 0 Å². The van der Waals surface area contributed by atoms with Gasteiger partial charge in [-0.25, -0.2) is 5.43 Å². The highest BCUT2D eigenvalue weighted by Crippen LogP contribution is 2.04. The van der Waals surface area contributed by atoms with Gasteiger partial charge in [-0.2, -0.15) is 0 Å². The number of carbonyl (C=O) groups is 1. The van der Waals surface area contributed by atoms with Gasteiger partial charge >= 0.3 is 0 Å². The summed E-state index contributed by atoms with van der Waals surface area (Å²) in [5.41, 5.74) is 2.83. The molecule has 0 aliphatic carbocycles. The topological polar surface area (TPSA) is 32.3 Å². The molecular formula is C3H6N2OS. The quantitative estimate of drug-likeness (QED) is 0.476. The minimum Gasteiger partial charge on any atom is -0.277 e. The van der Waals surface area contributed by atoms with Crippen LogP contribution in [-0.2, 0) is 4.79 Å². The van der Waals surface area contributed by atoms with E-state index in [0.29, 0.717) is 0 Å². The number of amides is 1. The third-order valence-corrected chi connectivity index (χ3v) is 1.52. The molecule has 40 valence electrons. The number of thioether (sulfide) groups is 1. The van der Waals surface area contributed by atoms with Gasteiger partial charge in [0.25, 0.3) is 0 Å². The van der Waals surface area contributed by atoms with E-state index in [1.807, 2.05) is 0 Å². The maximum absolute atomic E-state index is 9.86. The van der Waals surface area contributed by atoms with Crippen molar-refractivity contribution in [2.45, 2.75) is 0 Å². The first-order valence-corrected chi connectivity index (χ1v) is 3.12. The van der Waals surface area contributed by atoms with Crippen LogP contribution in [0.3, 0.4) is 0 Å². The predicted molar refractivity (Wildman–Crippen MR) is 28.4 cm³/mol. The smallest absolute Gasteiger partial charge is 0.224 e. The van der Waals surface area contributed by atoms with Gasteiger partial charge in [-0.05, 0) is 0 Å². The van der Waals surface area contributed by atoms with Crippen LogP contribution < -0.4 is 5.43 Å². The lowest BCUT2D eigenvalue weighted by molar-refractivity contribution is -0.119. The normalized spacial score (nSPS) is 20.3. The number of rotatable bonds is 1. The second-order valence-corrected chi connectivity index (χ2v) is 2.17. The first kappa shape index (κ1) is 4.93. The van der Waals surface area contributed by atoms with Crippen molar-refractivity contribution in [3.8, 4) is 0 Å². The van der Waals surface area contributed by atoms with Crippen LogP contribution in [0.2, 0.25) is 0 Å². The van der Waals surface area contributed by atoms with Crippen LogP contribution in [0.4, 0.5) is 0 Å². The molecule has 7 heavy (non-hydrogen) atoms. The van der Waals surface area contributed by atoms with E-state index in [-0.39, 0.29) is 0 Å². The van der Waals surface area contributed by atoms with Crippen LogP contribution in [0.15, 0.2) is 0 Å². The minimum atomic E-state index is 0.781. The molecule has 0 aromatic rings. The Morgan fingerprint density at radius 3 is 3.00 bits per heavy atom. The Labute approximate surface area is 46.0 Å². The molecule has 1 rings (SSSR count). The standard InChI is InChI=1S/C3H6N2OS/c6-2-5-3-7-1-4-5/h2,4H,1,3H2. The van der Waals surface area contributed by atoms with Crippen LogP contribution in [0.5, 0.6) is 0 Å². The molecule has 0 aromatic heterocycles. The Balaban J connectivity index is 2.26. The van der Waals surface area contributed by atoms with E-state index in [9.17, 15) is 4.79 Å². The Morgan fingerprint density at radius 2 is 2.71 bits per heavy atom. The summed E-state index contributed by atoms with van der Waals surface area (Å²) in [6.45, 7) is 0. The van der Waals surface area contributed by atoms with Gasteiger partial charge < -0.3 is 0 Å². The maximum atomic E-state index is 9.86. The summed E-state index contributed by atoms with van der Waals surface area (Å²) >= 11 is 1.69. The molecule has 0 bridgehead atoms. The number of nitrogens with zero attached hydrogens (tertiary/aromatic N) is 1. The molecule has 0 radical (unpaired) electrons. The largest absolute Gasteiger partial charge is 0.277 e.